The molecule has 0 radical (unpaired) electrons. The summed E-state index contributed by atoms with van der Waals surface area (Å²) in [7, 11) is 3.53. The van der Waals surface area contributed by atoms with E-state index in [-0.39, 0.29) is 12.1 Å². The molecule has 1 aromatic carbocycles. The highest BCUT2D eigenvalue weighted by Gasteiger charge is 2.44. The Kier molecular flexibility index (Phi) is 5.75. The lowest BCUT2D eigenvalue weighted by Gasteiger charge is -2.37. The first-order chi connectivity index (χ1) is 15.1. The maximum atomic E-state index is 10.9. The zero-order chi connectivity index (χ0) is 21.4. The van der Waals surface area contributed by atoms with Crippen molar-refractivity contribution in [3.05, 3.63) is 41.7 Å². The van der Waals surface area contributed by atoms with Crippen LogP contribution in [0.4, 0.5) is 0 Å². The predicted octanol–water partition coefficient (Wildman–Crippen LogP) is 3.15. The van der Waals surface area contributed by atoms with E-state index in [1.807, 2.05) is 24.1 Å². The Morgan fingerprint density at radius 1 is 1.13 bits per heavy atom. The largest absolute Gasteiger partial charge is 0.497 e. The highest BCUT2D eigenvalue weighted by molar-refractivity contribution is 5.28. The number of benzene rings is 1. The second-order valence-corrected chi connectivity index (χ2v) is 9.70. The van der Waals surface area contributed by atoms with Crippen LogP contribution in [0.2, 0.25) is 0 Å². The van der Waals surface area contributed by atoms with Crippen LogP contribution >= 0.6 is 0 Å². The van der Waals surface area contributed by atoms with Gasteiger partial charge in [-0.2, -0.15) is 0 Å². The Morgan fingerprint density at radius 2 is 1.90 bits per heavy atom. The molecule has 2 heterocycles. The van der Waals surface area contributed by atoms with E-state index in [4.69, 9.17) is 9.47 Å². The summed E-state index contributed by atoms with van der Waals surface area (Å²) in [5.41, 5.74) is 1.23. The van der Waals surface area contributed by atoms with E-state index in [0.717, 1.165) is 69.6 Å². The first-order valence-electron chi connectivity index (χ1n) is 11.6. The number of ether oxygens (including phenoxy) is 2. The van der Waals surface area contributed by atoms with Gasteiger partial charge in [0.05, 0.1) is 25.5 Å². The molecule has 31 heavy (non-hydrogen) atoms. The van der Waals surface area contributed by atoms with Gasteiger partial charge in [0.25, 0.3) is 0 Å². The van der Waals surface area contributed by atoms with Crippen LogP contribution in [-0.4, -0.2) is 58.4 Å². The first kappa shape index (κ1) is 20.9. The molecule has 7 nitrogen and oxygen atoms in total. The van der Waals surface area contributed by atoms with Crippen molar-refractivity contribution >= 4 is 0 Å². The Bertz CT molecular complexity index is 894. The van der Waals surface area contributed by atoms with Gasteiger partial charge < -0.3 is 14.6 Å². The second-order valence-electron chi connectivity index (χ2n) is 9.70. The van der Waals surface area contributed by atoms with Crippen molar-refractivity contribution in [3.63, 3.8) is 0 Å². The maximum absolute atomic E-state index is 10.9. The lowest BCUT2D eigenvalue weighted by molar-refractivity contribution is -0.00562. The number of nitrogens with zero attached hydrogens (tertiary/aromatic N) is 4. The highest BCUT2D eigenvalue weighted by Crippen LogP contribution is 2.43. The summed E-state index contributed by atoms with van der Waals surface area (Å²) in [5, 5.41) is 19.7. The first-order valence-corrected chi connectivity index (χ1v) is 11.6. The molecule has 1 N–H and O–H groups in total. The van der Waals surface area contributed by atoms with Crippen molar-refractivity contribution in [2.75, 3.05) is 27.3 Å². The standard InChI is InChI=1S/C24H34N4O3/c1-30-20-7-5-6-17(10-20)13-27-14-18-11-21(22(31-2)12-19(18)15-27)28-16-23(25-26-28)24(29)8-3-4-9-24/h5-7,10,16,18-19,21-22,29H,3-4,8-9,11-15H2,1-2H3/t18-,19+,21-,22-/m1/s1. The molecule has 3 aliphatic rings. The third-order valence-electron chi connectivity index (χ3n) is 7.76. The lowest BCUT2D eigenvalue weighted by atomic mass is 9.77. The summed E-state index contributed by atoms with van der Waals surface area (Å²) in [4.78, 5) is 2.56. The van der Waals surface area contributed by atoms with Crippen LogP contribution in [0.3, 0.4) is 0 Å². The Balaban J connectivity index is 1.28. The van der Waals surface area contributed by atoms with Crippen LogP contribution in [0.15, 0.2) is 30.5 Å². The summed E-state index contributed by atoms with van der Waals surface area (Å²) in [6, 6.07) is 8.54. The van der Waals surface area contributed by atoms with Gasteiger partial charge in [0.2, 0.25) is 0 Å². The summed E-state index contributed by atoms with van der Waals surface area (Å²) >= 11 is 0. The van der Waals surface area contributed by atoms with Gasteiger partial charge in [-0.1, -0.05) is 30.2 Å². The number of rotatable bonds is 6. The number of methoxy groups -OCH3 is 2. The van der Waals surface area contributed by atoms with E-state index >= 15 is 0 Å². The maximum Gasteiger partial charge on any atom is 0.119 e. The molecule has 2 saturated carbocycles. The van der Waals surface area contributed by atoms with Crippen LogP contribution < -0.4 is 4.74 Å². The molecule has 3 fully saturated rings. The van der Waals surface area contributed by atoms with E-state index in [1.54, 1.807) is 7.11 Å². The highest BCUT2D eigenvalue weighted by atomic mass is 16.5. The van der Waals surface area contributed by atoms with Gasteiger partial charge in [0, 0.05) is 26.7 Å². The number of likely N-dealkylation sites (tertiary alicyclic amines) is 1. The predicted molar refractivity (Wildman–Crippen MR) is 117 cm³/mol. The van der Waals surface area contributed by atoms with Crippen LogP contribution in [0.5, 0.6) is 5.75 Å². The van der Waals surface area contributed by atoms with Crippen LogP contribution in [0.25, 0.3) is 0 Å². The summed E-state index contributed by atoms with van der Waals surface area (Å²) in [6.07, 6.45) is 7.87. The van der Waals surface area contributed by atoms with Crippen molar-refractivity contribution in [2.45, 2.75) is 62.8 Å². The average molecular weight is 427 g/mol. The molecule has 0 bridgehead atoms. The van der Waals surface area contributed by atoms with Gasteiger partial charge >= 0.3 is 0 Å². The minimum Gasteiger partial charge on any atom is -0.497 e. The zero-order valence-electron chi connectivity index (χ0n) is 18.6. The average Bonchev–Trinajstić information content (AvgIpc) is 3.52. The number of fused-ring (bicyclic) bond motifs is 1. The van der Waals surface area contributed by atoms with Gasteiger partial charge in [-0.05, 0) is 55.2 Å². The number of hydrogen-bond donors (Lipinski definition) is 1. The van der Waals surface area contributed by atoms with Crippen LogP contribution in [-0.2, 0) is 16.9 Å². The molecule has 4 atom stereocenters. The second kappa shape index (κ2) is 8.52. The van der Waals surface area contributed by atoms with Gasteiger partial charge in [-0.15, -0.1) is 5.10 Å². The van der Waals surface area contributed by atoms with E-state index < -0.39 is 5.60 Å². The lowest BCUT2D eigenvalue weighted by Crippen LogP contribution is -2.37. The molecule has 2 aliphatic carbocycles. The minimum atomic E-state index is -0.793. The van der Waals surface area contributed by atoms with E-state index in [1.165, 1.54) is 5.56 Å². The van der Waals surface area contributed by atoms with Gasteiger partial charge in [-0.3, -0.25) is 4.90 Å². The molecule has 1 saturated heterocycles. The Labute approximate surface area is 184 Å². The van der Waals surface area contributed by atoms with Crippen molar-refractivity contribution in [2.24, 2.45) is 11.8 Å². The molecule has 5 rings (SSSR count). The topological polar surface area (TPSA) is 72.6 Å². The fourth-order valence-electron chi connectivity index (χ4n) is 6.05. The van der Waals surface area contributed by atoms with Gasteiger partial charge in [0.1, 0.15) is 17.0 Å². The molecule has 0 spiro atoms. The Morgan fingerprint density at radius 3 is 2.65 bits per heavy atom. The van der Waals surface area contributed by atoms with Crippen molar-refractivity contribution in [3.8, 4) is 5.75 Å². The molecule has 0 amide bonds. The Hall–Kier alpha value is -1.96. The fraction of sp³-hybridized carbons (Fsp3) is 0.667. The zero-order valence-corrected chi connectivity index (χ0v) is 18.6. The van der Waals surface area contributed by atoms with E-state index in [0.29, 0.717) is 11.8 Å². The SMILES string of the molecule is COc1cccc(CN2C[C@H]3C[C@@H](n4cc(C5(O)CCCC5)nn4)[C@H](OC)C[C@H]3C2)c1. The molecule has 1 aliphatic heterocycles. The third kappa shape index (κ3) is 4.11. The fourth-order valence-corrected chi connectivity index (χ4v) is 6.05. The number of aromatic nitrogens is 3. The smallest absolute Gasteiger partial charge is 0.119 e. The number of hydrogen-bond acceptors (Lipinski definition) is 6. The normalized spacial score (nSPS) is 30.4. The molecular weight excluding hydrogens is 392 g/mol. The third-order valence-corrected chi connectivity index (χ3v) is 7.76. The van der Waals surface area contributed by atoms with Crippen LogP contribution in [0, 0.1) is 11.8 Å². The summed E-state index contributed by atoms with van der Waals surface area (Å²) < 4.78 is 13.3. The van der Waals surface area contributed by atoms with Crippen molar-refractivity contribution < 1.29 is 14.6 Å². The van der Waals surface area contributed by atoms with Gasteiger partial charge in [0.15, 0.2) is 0 Å². The monoisotopic (exact) mass is 426 g/mol. The molecule has 168 valence electrons. The molecule has 2 aromatic rings. The number of aliphatic hydroxyl groups is 1. The molecule has 0 unspecified atom stereocenters. The van der Waals surface area contributed by atoms with E-state index in [2.05, 4.69) is 33.4 Å². The molecular formula is C24H34N4O3. The van der Waals surface area contributed by atoms with Gasteiger partial charge in [-0.25, -0.2) is 4.68 Å². The van der Waals surface area contributed by atoms with Crippen molar-refractivity contribution in [1.82, 2.24) is 19.9 Å². The molecule has 1 aromatic heterocycles. The quantitative estimate of drug-likeness (QED) is 0.765. The van der Waals surface area contributed by atoms with Crippen molar-refractivity contribution in [1.29, 1.82) is 0 Å². The minimum absolute atomic E-state index is 0.130. The summed E-state index contributed by atoms with van der Waals surface area (Å²) in [5.74, 6) is 2.19. The molecule has 7 heteroatoms. The van der Waals surface area contributed by atoms with Crippen LogP contribution in [0.1, 0.15) is 55.8 Å². The van der Waals surface area contributed by atoms with E-state index in [9.17, 15) is 5.11 Å². The summed E-state index contributed by atoms with van der Waals surface area (Å²) in [6.45, 7) is 3.16.